The molecule has 1 amide bonds. The second-order valence-electron chi connectivity index (χ2n) is 4.77. The number of nitrogens with one attached hydrogen (secondary N) is 1. The monoisotopic (exact) mass is 327 g/mol. The van der Waals surface area contributed by atoms with Crippen molar-refractivity contribution in [1.82, 2.24) is 0 Å². The molecule has 118 valence electrons. The third kappa shape index (κ3) is 4.66. The van der Waals surface area contributed by atoms with E-state index < -0.39 is 0 Å². The first-order valence-corrected chi connectivity index (χ1v) is 7.95. The molecule has 0 aliphatic carbocycles. The number of carbonyl (C=O) groups is 1. The maximum Gasteiger partial charge on any atom is 0.255 e. The standard InChI is InChI=1S/C17H17N3O2S/c1-2-9-22-16-8-3-12(10-15(16)19)17(21)20-13-4-6-14(7-5-13)23-11-18/h3-8,10H,2,9,19H2,1H3,(H,20,21). The van der Waals surface area contributed by atoms with Crippen molar-refractivity contribution in [2.24, 2.45) is 0 Å². The van der Waals surface area contributed by atoms with E-state index in [4.69, 9.17) is 15.7 Å². The highest BCUT2D eigenvalue weighted by Crippen LogP contribution is 2.24. The van der Waals surface area contributed by atoms with Crippen LogP contribution in [0.2, 0.25) is 0 Å². The summed E-state index contributed by atoms with van der Waals surface area (Å²) < 4.78 is 5.49. The van der Waals surface area contributed by atoms with Crippen LogP contribution in [0.3, 0.4) is 0 Å². The third-order valence-electron chi connectivity index (χ3n) is 3.01. The minimum atomic E-state index is -0.251. The molecule has 23 heavy (non-hydrogen) atoms. The van der Waals surface area contributed by atoms with Crippen molar-refractivity contribution in [3.05, 3.63) is 48.0 Å². The van der Waals surface area contributed by atoms with Gasteiger partial charge in [0.1, 0.15) is 11.2 Å². The zero-order valence-electron chi connectivity index (χ0n) is 12.7. The van der Waals surface area contributed by atoms with Crippen molar-refractivity contribution in [2.45, 2.75) is 18.2 Å². The van der Waals surface area contributed by atoms with E-state index >= 15 is 0 Å². The number of benzene rings is 2. The van der Waals surface area contributed by atoms with Crippen LogP contribution in [0.25, 0.3) is 0 Å². The summed E-state index contributed by atoms with van der Waals surface area (Å²) >= 11 is 1.07. The zero-order valence-corrected chi connectivity index (χ0v) is 13.5. The maximum atomic E-state index is 12.2. The highest BCUT2D eigenvalue weighted by atomic mass is 32.2. The average Bonchev–Trinajstić information content (AvgIpc) is 2.55. The van der Waals surface area contributed by atoms with E-state index in [1.165, 1.54) is 0 Å². The minimum absolute atomic E-state index is 0.251. The number of hydrogen-bond donors (Lipinski definition) is 2. The summed E-state index contributed by atoms with van der Waals surface area (Å²) in [5.41, 5.74) is 7.46. The second-order valence-corrected chi connectivity index (χ2v) is 5.63. The van der Waals surface area contributed by atoms with Gasteiger partial charge in [0.05, 0.1) is 12.3 Å². The number of carbonyl (C=O) groups excluding carboxylic acids is 1. The van der Waals surface area contributed by atoms with Crippen LogP contribution >= 0.6 is 11.8 Å². The van der Waals surface area contributed by atoms with Gasteiger partial charge in [-0.25, -0.2) is 0 Å². The first-order chi connectivity index (χ1) is 11.1. The van der Waals surface area contributed by atoms with Gasteiger partial charge in [0.2, 0.25) is 0 Å². The number of ether oxygens (including phenoxy) is 1. The number of nitriles is 1. The van der Waals surface area contributed by atoms with Gasteiger partial charge >= 0.3 is 0 Å². The van der Waals surface area contributed by atoms with Crippen molar-refractivity contribution in [2.75, 3.05) is 17.7 Å². The number of nitrogens with two attached hydrogens (primary N) is 1. The Bertz CT molecular complexity index is 724. The van der Waals surface area contributed by atoms with Gasteiger partial charge < -0.3 is 15.8 Å². The molecule has 0 heterocycles. The molecule has 0 aromatic heterocycles. The number of nitrogens with zero attached hydrogens (tertiary/aromatic N) is 1. The number of nitrogen functional groups attached to an aromatic ring is 1. The smallest absolute Gasteiger partial charge is 0.255 e. The Labute approximate surface area is 139 Å². The number of rotatable bonds is 6. The molecule has 3 N–H and O–H groups in total. The molecule has 0 spiro atoms. The number of hydrogen-bond acceptors (Lipinski definition) is 5. The lowest BCUT2D eigenvalue weighted by Crippen LogP contribution is -2.12. The molecule has 6 heteroatoms. The second kappa shape index (κ2) is 8.11. The molecule has 0 atom stereocenters. The molecule has 2 aromatic carbocycles. The lowest BCUT2D eigenvalue weighted by Gasteiger charge is -2.10. The summed E-state index contributed by atoms with van der Waals surface area (Å²) in [6, 6.07) is 12.0. The molecular formula is C17H17N3O2S. The minimum Gasteiger partial charge on any atom is -0.491 e. The number of thiocyanates is 1. The first-order valence-electron chi connectivity index (χ1n) is 7.13. The van der Waals surface area contributed by atoms with Gasteiger partial charge in [-0.05, 0) is 60.6 Å². The van der Waals surface area contributed by atoms with E-state index in [2.05, 4.69) is 5.32 Å². The van der Waals surface area contributed by atoms with Crippen LogP contribution in [-0.4, -0.2) is 12.5 Å². The Hall–Kier alpha value is -2.65. The summed E-state index contributed by atoms with van der Waals surface area (Å²) in [4.78, 5) is 13.1. The van der Waals surface area contributed by atoms with E-state index in [0.29, 0.717) is 29.3 Å². The van der Waals surface area contributed by atoms with Gasteiger partial charge in [0.25, 0.3) is 5.91 Å². The SMILES string of the molecule is CCCOc1ccc(C(=O)Nc2ccc(SC#N)cc2)cc1N. The lowest BCUT2D eigenvalue weighted by atomic mass is 10.1. The Kier molecular flexibility index (Phi) is 5.89. The lowest BCUT2D eigenvalue weighted by molar-refractivity contribution is 0.102. The summed E-state index contributed by atoms with van der Waals surface area (Å²) in [6.45, 7) is 2.60. The van der Waals surface area contributed by atoms with E-state index in [-0.39, 0.29) is 5.91 Å². The van der Waals surface area contributed by atoms with Gasteiger partial charge in [-0.3, -0.25) is 4.79 Å². The topological polar surface area (TPSA) is 88.1 Å². The van der Waals surface area contributed by atoms with Crippen LogP contribution in [0.15, 0.2) is 47.4 Å². The Morgan fingerprint density at radius 2 is 2.04 bits per heavy atom. The number of anilines is 2. The molecule has 2 aromatic rings. The fraction of sp³-hybridized carbons (Fsp3) is 0.176. The van der Waals surface area contributed by atoms with E-state index in [9.17, 15) is 4.79 Å². The van der Waals surface area contributed by atoms with E-state index in [0.717, 1.165) is 23.1 Å². The summed E-state index contributed by atoms with van der Waals surface area (Å²) in [5.74, 6) is 0.334. The normalized spacial score (nSPS) is 9.91. The summed E-state index contributed by atoms with van der Waals surface area (Å²) in [5, 5.41) is 13.4. The van der Waals surface area contributed by atoms with Crippen molar-refractivity contribution < 1.29 is 9.53 Å². The highest BCUT2D eigenvalue weighted by molar-refractivity contribution is 8.03. The Morgan fingerprint density at radius 3 is 2.65 bits per heavy atom. The van der Waals surface area contributed by atoms with Gasteiger partial charge in [0, 0.05) is 16.1 Å². The largest absolute Gasteiger partial charge is 0.491 e. The molecular weight excluding hydrogens is 310 g/mol. The van der Waals surface area contributed by atoms with Crippen molar-refractivity contribution in [3.8, 4) is 11.2 Å². The predicted octanol–water partition coefficient (Wildman–Crippen LogP) is 3.88. The van der Waals surface area contributed by atoms with E-state index in [1.807, 2.05) is 12.3 Å². The predicted molar refractivity (Wildman–Crippen MR) is 92.5 cm³/mol. The van der Waals surface area contributed by atoms with Crippen LogP contribution in [-0.2, 0) is 0 Å². The van der Waals surface area contributed by atoms with Gasteiger partial charge in [-0.1, -0.05) is 6.92 Å². The maximum absolute atomic E-state index is 12.2. The van der Waals surface area contributed by atoms with Crippen molar-refractivity contribution in [3.63, 3.8) is 0 Å². The first kappa shape index (κ1) is 16.7. The van der Waals surface area contributed by atoms with Crippen LogP contribution in [0.1, 0.15) is 23.7 Å². The fourth-order valence-electron chi connectivity index (χ4n) is 1.90. The van der Waals surface area contributed by atoms with Crippen LogP contribution in [0.5, 0.6) is 5.75 Å². The molecule has 0 fully saturated rings. The molecule has 2 rings (SSSR count). The third-order valence-corrected chi connectivity index (χ3v) is 3.61. The van der Waals surface area contributed by atoms with Gasteiger partial charge in [-0.15, -0.1) is 0 Å². The number of thioether (sulfide) groups is 1. The quantitative estimate of drug-likeness (QED) is 0.477. The van der Waals surface area contributed by atoms with E-state index in [1.54, 1.807) is 42.5 Å². The van der Waals surface area contributed by atoms with Gasteiger partial charge in [-0.2, -0.15) is 5.26 Å². The average molecular weight is 327 g/mol. The van der Waals surface area contributed by atoms with Crippen LogP contribution in [0.4, 0.5) is 11.4 Å². The number of amides is 1. The Morgan fingerprint density at radius 1 is 1.30 bits per heavy atom. The van der Waals surface area contributed by atoms with Gasteiger partial charge in [0.15, 0.2) is 0 Å². The van der Waals surface area contributed by atoms with Crippen molar-refractivity contribution >= 4 is 29.0 Å². The highest BCUT2D eigenvalue weighted by Gasteiger charge is 2.09. The molecule has 0 unspecified atom stereocenters. The van der Waals surface area contributed by atoms with Crippen LogP contribution < -0.4 is 15.8 Å². The molecule has 0 aliphatic heterocycles. The fourth-order valence-corrected chi connectivity index (χ4v) is 2.27. The van der Waals surface area contributed by atoms with Crippen molar-refractivity contribution in [1.29, 1.82) is 5.26 Å². The summed E-state index contributed by atoms with van der Waals surface area (Å²) in [7, 11) is 0. The molecule has 0 saturated carbocycles. The Balaban J connectivity index is 2.05. The van der Waals surface area contributed by atoms with Crippen LogP contribution in [0, 0.1) is 10.7 Å². The molecule has 0 radical (unpaired) electrons. The molecule has 0 bridgehead atoms. The molecule has 0 aliphatic rings. The summed E-state index contributed by atoms with van der Waals surface area (Å²) in [6.07, 6.45) is 0.891. The molecule has 0 saturated heterocycles. The zero-order chi connectivity index (χ0) is 16.7. The molecule has 5 nitrogen and oxygen atoms in total.